The first kappa shape index (κ1) is 11.1. The van der Waals surface area contributed by atoms with Crippen molar-refractivity contribution in [1.82, 2.24) is 14.0 Å². The Morgan fingerprint density at radius 1 is 0.750 bits per heavy atom. The van der Waals surface area contributed by atoms with Crippen molar-refractivity contribution in [3.05, 3.63) is 79.4 Å². The van der Waals surface area contributed by atoms with Gasteiger partial charge in [0.1, 0.15) is 5.65 Å². The second-order valence-corrected chi connectivity index (χ2v) is 4.74. The molecule has 0 saturated heterocycles. The Bertz CT molecular complexity index is 842. The lowest BCUT2D eigenvalue weighted by Crippen LogP contribution is -1.92. The van der Waals surface area contributed by atoms with E-state index in [9.17, 15) is 0 Å². The van der Waals surface area contributed by atoms with Gasteiger partial charge in [0.25, 0.3) is 0 Å². The van der Waals surface area contributed by atoms with Gasteiger partial charge in [-0.1, -0.05) is 30.3 Å². The van der Waals surface area contributed by atoms with Crippen molar-refractivity contribution in [1.29, 1.82) is 0 Å². The van der Waals surface area contributed by atoms with Crippen LogP contribution in [0.3, 0.4) is 0 Å². The molecule has 4 rings (SSSR count). The monoisotopic (exact) mass is 259 g/mol. The molecule has 0 atom stereocenters. The van der Waals surface area contributed by atoms with Gasteiger partial charge in [0.15, 0.2) is 0 Å². The SMILES string of the molecule is c1ccc(-c2cn3cc(-n4cccc4)ccc3n2)cc1. The summed E-state index contributed by atoms with van der Waals surface area (Å²) in [7, 11) is 0. The number of hydrogen-bond donors (Lipinski definition) is 0. The molecule has 3 heterocycles. The van der Waals surface area contributed by atoms with Crippen LogP contribution in [0.1, 0.15) is 0 Å². The fraction of sp³-hybridized carbons (Fsp3) is 0. The molecule has 0 fully saturated rings. The number of imidazole rings is 1. The molecule has 20 heavy (non-hydrogen) atoms. The van der Waals surface area contributed by atoms with Gasteiger partial charge in [-0.25, -0.2) is 4.98 Å². The molecule has 0 radical (unpaired) electrons. The smallest absolute Gasteiger partial charge is 0.137 e. The minimum atomic E-state index is 0.958. The second-order valence-electron chi connectivity index (χ2n) is 4.74. The lowest BCUT2D eigenvalue weighted by atomic mass is 10.2. The highest BCUT2D eigenvalue weighted by molar-refractivity contribution is 5.63. The standard InChI is InChI=1S/C17H13N3/c1-2-6-14(7-3-1)16-13-20-12-15(8-9-17(20)18-16)19-10-4-5-11-19/h1-13H. The van der Waals surface area contributed by atoms with Crippen LogP contribution in [0.4, 0.5) is 0 Å². The van der Waals surface area contributed by atoms with E-state index >= 15 is 0 Å². The Morgan fingerprint density at radius 3 is 2.35 bits per heavy atom. The summed E-state index contributed by atoms with van der Waals surface area (Å²) in [5, 5.41) is 0. The number of nitrogens with zero attached hydrogens (tertiary/aromatic N) is 3. The lowest BCUT2D eigenvalue weighted by molar-refractivity contribution is 1.04. The third kappa shape index (κ3) is 1.80. The van der Waals surface area contributed by atoms with Crippen LogP contribution in [0.25, 0.3) is 22.6 Å². The normalized spacial score (nSPS) is 11.0. The molecule has 3 aromatic heterocycles. The molecule has 3 nitrogen and oxygen atoms in total. The highest BCUT2D eigenvalue weighted by atomic mass is 15.0. The molecule has 0 spiro atoms. The quantitative estimate of drug-likeness (QED) is 0.537. The average molecular weight is 259 g/mol. The van der Waals surface area contributed by atoms with E-state index in [-0.39, 0.29) is 0 Å². The zero-order valence-corrected chi connectivity index (χ0v) is 10.8. The Balaban J connectivity index is 1.84. The number of hydrogen-bond acceptors (Lipinski definition) is 1. The molecule has 96 valence electrons. The van der Waals surface area contributed by atoms with Gasteiger partial charge in [0.05, 0.1) is 11.4 Å². The Hall–Kier alpha value is -2.81. The number of benzene rings is 1. The van der Waals surface area contributed by atoms with Crippen molar-refractivity contribution in [2.24, 2.45) is 0 Å². The van der Waals surface area contributed by atoms with Crippen LogP contribution < -0.4 is 0 Å². The topological polar surface area (TPSA) is 22.2 Å². The molecule has 3 heteroatoms. The molecular weight excluding hydrogens is 246 g/mol. The summed E-state index contributed by atoms with van der Waals surface area (Å²) in [5.41, 5.74) is 4.22. The highest BCUT2D eigenvalue weighted by Crippen LogP contribution is 2.19. The number of aromatic nitrogens is 3. The first-order chi connectivity index (χ1) is 9.90. The minimum absolute atomic E-state index is 0.958. The van der Waals surface area contributed by atoms with Crippen LogP contribution in [0.15, 0.2) is 79.4 Å². The molecule has 0 aliphatic rings. The van der Waals surface area contributed by atoms with Gasteiger partial charge in [-0.2, -0.15) is 0 Å². The average Bonchev–Trinajstić information content (AvgIpc) is 3.16. The third-order valence-electron chi connectivity index (χ3n) is 3.41. The molecule has 0 saturated carbocycles. The van der Waals surface area contributed by atoms with Gasteiger partial charge >= 0.3 is 0 Å². The van der Waals surface area contributed by atoms with E-state index in [4.69, 9.17) is 0 Å². The maximum absolute atomic E-state index is 4.66. The van der Waals surface area contributed by atoms with Crippen molar-refractivity contribution in [3.8, 4) is 16.9 Å². The van der Waals surface area contributed by atoms with Gasteiger partial charge in [0.2, 0.25) is 0 Å². The predicted molar refractivity (Wildman–Crippen MR) is 80.0 cm³/mol. The van der Waals surface area contributed by atoms with Crippen LogP contribution in [-0.2, 0) is 0 Å². The zero-order chi connectivity index (χ0) is 13.4. The van der Waals surface area contributed by atoms with Gasteiger partial charge in [-0.15, -0.1) is 0 Å². The predicted octanol–water partition coefficient (Wildman–Crippen LogP) is 3.79. The molecule has 4 aromatic rings. The maximum atomic E-state index is 4.66. The van der Waals surface area contributed by atoms with Gasteiger partial charge in [-0.3, -0.25) is 0 Å². The van der Waals surface area contributed by atoms with Crippen LogP contribution in [0.5, 0.6) is 0 Å². The fourth-order valence-electron chi connectivity index (χ4n) is 2.39. The van der Waals surface area contributed by atoms with Crippen molar-refractivity contribution in [2.45, 2.75) is 0 Å². The van der Waals surface area contributed by atoms with Crippen molar-refractivity contribution >= 4 is 5.65 Å². The summed E-state index contributed by atoms with van der Waals surface area (Å²) in [5.74, 6) is 0. The first-order valence-electron chi connectivity index (χ1n) is 6.58. The number of pyridine rings is 1. The summed E-state index contributed by atoms with van der Waals surface area (Å²) < 4.78 is 4.15. The zero-order valence-electron chi connectivity index (χ0n) is 10.8. The van der Waals surface area contributed by atoms with Crippen molar-refractivity contribution in [2.75, 3.05) is 0 Å². The van der Waals surface area contributed by atoms with Crippen molar-refractivity contribution in [3.63, 3.8) is 0 Å². The Kier molecular flexibility index (Phi) is 2.42. The molecular formula is C17H13N3. The first-order valence-corrected chi connectivity index (χ1v) is 6.58. The molecule has 0 aliphatic heterocycles. The molecule has 0 amide bonds. The van der Waals surface area contributed by atoms with Gasteiger partial charge < -0.3 is 8.97 Å². The van der Waals surface area contributed by atoms with Crippen molar-refractivity contribution < 1.29 is 0 Å². The van der Waals surface area contributed by atoms with E-state index < -0.39 is 0 Å². The minimum Gasteiger partial charge on any atom is -0.322 e. The van der Waals surface area contributed by atoms with E-state index in [1.165, 1.54) is 0 Å². The summed E-state index contributed by atoms with van der Waals surface area (Å²) in [4.78, 5) is 4.66. The molecule has 0 N–H and O–H groups in total. The highest BCUT2D eigenvalue weighted by Gasteiger charge is 2.04. The van der Waals surface area contributed by atoms with E-state index in [0.29, 0.717) is 0 Å². The van der Waals surface area contributed by atoms with E-state index in [2.05, 4.69) is 44.5 Å². The fourth-order valence-corrected chi connectivity index (χ4v) is 2.39. The van der Waals surface area contributed by atoms with Crippen LogP contribution in [-0.4, -0.2) is 14.0 Å². The number of rotatable bonds is 2. The third-order valence-corrected chi connectivity index (χ3v) is 3.41. The van der Waals surface area contributed by atoms with E-state index in [0.717, 1.165) is 22.6 Å². The lowest BCUT2D eigenvalue weighted by Gasteiger charge is -2.02. The summed E-state index contributed by atoms with van der Waals surface area (Å²) >= 11 is 0. The molecule has 0 unspecified atom stereocenters. The summed E-state index contributed by atoms with van der Waals surface area (Å²) in [6.07, 6.45) is 8.23. The molecule has 1 aromatic carbocycles. The maximum Gasteiger partial charge on any atom is 0.137 e. The van der Waals surface area contributed by atoms with Gasteiger partial charge in [0, 0.05) is 30.4 Å². The molecule has 0 aliphatic carbocycles. The van der Waals surface area contributed by atoms with Gasteiger partial charge in [-0.05, 0) is 24.3 Å². The Labute approximate surface area is 116 Å². The summed E-state index contributed by atoms with van der Waals surface area (Å²) in [6, 6.07) is 18.4. The number of fused-ring (bicyclic) bond motifs is 1. The van der Waals surface area contributed by atoms with E-state index in [1.807, 2.05) is 48.8 Å². The largest absolute Gasteiger partial charge is 0.322 e. The summed E-state index contributed by atoms with van der Waals surface area (Å²) in [6.45, 7) is 0. The van der Waals surface area contributed by atoms with Crippen LogP contribution in [0, 0.1) is 0 Å². The Morgan fingerprint density at radius 2 is 1.55 bits per heavy atom. The van der Waals surface area contributed by atoms with E-state index in [1.54, 1.807) is 0 Å². The van der Waals surface area contributed by atoms with Crippen LogP contribution >= 0.6 is 0 Å². The second kappa shape index (κ2) is 4.38. The van der Waals surface area contributed by atoms with Crippen LogP contribution in [0.2, 0.25) is 0 Å². The molecule has 0 bridgehead atoms.